The van der Waals surface area contributed by atoms with Crippen LogP contribution in [0, 0.1) is 5.92 Å². The quantitative estimate of drug-likeness (QED) is 0.133. The largest absolute Gasteiger partial charge is 0.481 e. The van der Waals surface area contributed by atoms with E-state index in [4.69, 9.17) is 15.9 Å². The summed E-state index contributed by atoms with van der Waals surface area (Å²) in [5, 5.41) is 33.9. The summed E-state index contributed by atoms with van der Waals surface area (Å²) in [7, 11) is 0. The Morgan fingerprint density at radius 1 is 0.900 bits per heavy atom. The van der Waals surface area contributed by atoms with E-state index in [2.05, 4.69) is 28.6 Å². The molecule has 0 radical (unpaired) electrons. The Morgan fingerprint density at radius 3 is 1.83 bits per heavy atom. The van der Waals surface area contributed by atoms with Crippen molar-refractivity contribution in [3.63, 3.8) is 0 Å². The van der Waals surface area contributed by atoms with Crippen molar-refractivity contribution >= 4 is 42.3 Å². The number of aliphatic hydroxyl groups excluding tert-OH is 1. The van der Waals surface area contributed by atoms with E-state index in [0.717, 1.165) is 0 Å². The molecule has 0 rings (SSSR count). The number of thiol groups is 1. The fourth-order valence-corrected chi connectivity index (χ4v) is 2.60. The minimum absolute atomic E-state index is 0.116. The van der Waals surface area contributed by atoms with Crippen molar-refractivity contribution in [2.45, 2.75) is 57.3 Å². The number of amides is 3. The van der Waals surface area contributed by atoms with E-state index in [-0.39, 0.29) is 18.1 Å². The molecule has 30 heavy (non-hydrogen) atoms. The van der Waals surface area contributed by atoms with Gasteiger partial charge in [-0.1, -0.05) is 13.8 Å². The average Bonchev–Trinajstić information content (AvgIpc) is 2.65. The SMILES string of the molecule is CC(C)CC(N)C(=O)NC(CO)C(=O)NC(CCC(=O)O)C(=O)NC(CS)C(=O)O. The van der Waals surface area contributed by atoms with Crippen LogP contribution < -0.4 is 21.7 Å². The van der Waals surface area contributed by atoms with Crippen molar-refractivity contribution in [2.24, 2.45) is 11.7 Å². The Bertz CT molecular complexity index is 631. The van der Waals surface area contributed by atoms with Gasteiger partial charge in [0.25, 0.3) is 0 Å². The molecule has 4 unspecified atom stereocenters. The van der Waals surface area contributed by atoms with Crippen molar-refractivity contribution in [1.29, 1.82) is 0 Å². The third-order valence-corrected chi connectivity index (χ3v) is 4.32. The van der Waals surface area contributed by atoms with Gasteiger partial charge in [0.2, 0.25) is 17.7 Å². The summed E-state index contributed by atoms with van der Waals surface area (Å²) in [6.45, 7) is 2.90. The first-order valence-electron chi connectivity index (χ1n) is 9.25. The van der Waals surface area contributed by atoms with Gasteiger partial charge in [-0.05, 0) is 18.8 Å². The van der Waals surface area contributed by atoms with Crippen molar-refractivity contribution in [1.82, 2.24) is 16.0 Å². The van der Waals surface area contributed by atoms with Crippen LogP contribution in [0.2, 0.25) is 0 Å². The Hall–Kier alpha value is -2.38. The molecule has 0 aliphatic rings. The maximum atomic E-state index is 12.4. The lowest BCUT2D eigenvalue weighted by atomic mass is 10.0. The lowest BCUT2D eigenvalue weighted by Gasteiger charge is -2.24. The summed E-state index contributed by atoms with van der Waals surface area (Å²) in [5.74, 6) is -5.28. The molecule has 0 fully saturated rings. The number of nitrogens with one attached hydrogen (secondary N) is 3. The van der Waals surface area contributed by atoms with E-state index in [0.29, 0.717) is 6.42 Å². The molecule has 0 saturated carbocycles. The number of nitrogens with two attached hydrogens (primary N) is 1. The van der Waals surface area contributed by atoms with Crippen LogP contribution in [0.5, 0.6) is 0 Å². The first-order chi connectivity index (χ1) is 13.9. The van der Waals surface area contributed by atoms with Crippen LogP contribution in [0.1, 0.15) is 33.1 Å². The number of carboxylic acid groups (broad SMARTS) is 2. The van der Waals surface area contributed by atoms with Gasteiger partial charge in [-0.25, -0.2) is 4.79 Å². The highest BCUT2D eigenvalue weighted by molar-refractivity contribution is 7.80. The van der Waals surface area contributed by atoms with Crippen LogP contribution in [-0.2, 0) is 24.0 Å². The molecule has 0 aliphatic heterocycles. The van der Waals surface area contributed by atoms with Gasteiger partial charge in [-0.15, -0.1) is 0 Å². The third-order valence-electron chi connectivity index (χ3n) is 3.95. The topological polar surface area (TPSA) is 208 Å². The van der Waals surface area contributed by atoms with Gasteiger partial charge in [0.1, 0.15) is 18.1 Å². The first kappa shape index (κ1) is 27.6. The van der Waals surface area contributed by atoms with E-state index < -0.39 is 66.9 Å². The third kappa shape index (κ3) is 10.4. The lowest BCUT2D eigenvalue weighted by Crippen LogP contribution is -2.58. The van der Waals surface area contributed by atoms with Crippen LogP contribution >= 0.6 is 12.6 Å². The molecule has 0 aliphatic carbocycles. The number of aliphatic carboxylic acids is 2. The molecule has 0 aromatic carbocycles. The number of aliphatic hydroxyl groups is 1. The molecule has 3 amide bonds. The molecule has 13 heteroatoms. The Morgan fingerprint density at radius 2 is 1.40 bits per heavy atom. The second kappa shape index (κ2) is 13.8. The number of hydrogen-bond donors (Lipinski definition) is 8. The molecule has 0 saturated heterocycles. The predicted octanol–water partition coefficient (Wildman–Crippen LogP) is -2.31. The maximum absolute atomic E-state index is 12.4. The molecule has 0 bridgehead atoms. The van der Waals surface area contributed by atoms with Gasteiger partial charge in [0.15, 0.2) is 0 Å². The summed E-state index contributed by atoms with van der Waals surface area (Å²) in [5.41, 5.74) is 5.73. The zero-order chi connectivity index (χ0) is 23.4. The highest BCUT2D eigenvalue weighted by atomic mass is 32.1. The van der Waals surface area contributed by atoms with Crippen molar-refractivity contribution < 1.29 is 39.3 Å². The Labute approximate surface area is 179 Å². The van der Waals surface area contributed by atoms with Gasteiger partial charge in [-0.3, -0.25) is 19.2 Å². The van der Waals surface area contributed by atoms with Crippen LogP contribution in [0.25, 0.3) is 0 Å². The van der Waals surface area contributed by atoms with Crippen LogP contribution in [-0.4, -0.2) is 81.5 Å². The normalized spacial score (nSPS) is 14.9. The summed E-state index contributed by atoms with van der Waals surface area (Å²) < 4.78 is 0. The minimum Gasteiger partial charge on any atom is -0.481 e. The summed E-state index contributed by atoms with van der Waals surface area (Å²) >= 11 is 3.81. The Balaban J connectivity index is 5.21. The van der Waals surface area contributed by atoms with E-state index in [9.17, 15) is 29.1 Å². The zero-order valence-electron chi connectivity index (χ0n) is 16.8. The smallest absolute Gasteiger partial charge is 0.327 e. The molecular formula is C17H30N4O8S. The summed E-state index contributed by atoms with van der Waals surface area (Å²) in [4.78, 5) is 58.7. The predicted molar refractivity (Wildman–Crippen MR) is 109 cm³/mol. The van der Waals surface area contributed by atoms with E-state index in [1.54, 1.807) is 0 Å². The fraction of sp³-hybridized carbons (Fsp3) is 0.706. The van der Waals surface area contributed by atoms with Gasteiger partial charge in [0, 0.05) is 12.2 Å². The Kier molecular flexibility index (Phi) is 12.7. The first-order valence-corrected chi connectivity index (χ1v) is 9.89. The summed E-state index contributed by atoms with van der Waals surface area (Å²) in [6, 6.07) is -5.11. The van der Waals surface area contributed by atoms with Crippen LogP contribution in [0.3, 0.4) is 0 Å². The van der Waals surface area contributed by atoms with E-state index in [1.165, 1.54) is 0 Å². The van der Waals surface area contributed by atoms with Crippen molar-refractivity contribution in [3.05, 3.63) is 0 Å². The van der Waals surface area contributed by atoms with E-state index >= 15 is 0 Å². The molecule has 0 aromatic rings. The second-order valence-electron chi connectivity index (χ2n) is 7.06. The lowest BCUT2D eigenvalue weighted by molar-refractivity contribution is -0.142. The van der Waals surface area contributed by atoms with Gasteiger partial charge < -0.3 is 37.0 Å². The number of hydrogen-bond acceptors (Lipinski definition) is 8. The highest BCUT2D eigenvalue weighted by Gasteiger charge is 2.30. The number of carbonyl (C=O) groups excluding carboxylic acids is 3. The maximum Gasteiger partial charge on any atom is 0.327 e. The summed E-state index contributed by atoms with van der Waals surface area (Å²) in [6.07, 6.45) is -0.493. The molecule has 0 aromatic heterocycles. The molecule has 172 valence electrons. The average molecular weight is 451 g/mol. The zero-order valence-corrected chi connectivity index (χ0v) is 17.7. The molecule has 0 spiro atoms. The standard InChI is InChI=1S/C17H30N4O8S/c1-8(2)5-9(18)14(25)20-11(6-22)16(27)19-10(3-4-13(23)24)15(26)21-12(7-30)17(28)29/h8-12,22,30H,3-7,18H2,1-2H3,(H,19,27)(H,20,25)(H,21,26)(H,23,24)(H,28,29). The van der Waals surface area contributed by atoms with Gasteiger partial charge in [-0.2, -0.15) is 12.6 Å². The molecule has 12 nitrogen and oxygen atoms in total. The highest BCUT2D eigenvalue weighted by Crippen LogP contribution is 2.04. The minimum atomic E-state index is -1.43. The molecule has 0 heterocycles. The number of carbonyl (C=O) groups is 5. The fourth-order valence-electron chi connectivity index (χ4n) is 2.35. The van der Waals surface area contributed by atoms with Crippen LogP contribution in [0.15, 0.2) is 0 Å². The molecule has 8 N–H and O–H groups in total. The number of carboxylic acids is 2. The molecular weight excluding hydrogens is 420 g/mol. The van der Waals surface area contributed by atoms with Gasteiger partial charge in [0.05, 0.1) is 12.6 Å². The number of rotatable bonds is 14. The second-order valence-corrected chi connectivity index (χ2v) is 7.42. The van der Waals surface area contributed by atoms with Crippen molar-refractivity contribution in [3.8, 4) is 0 Å². The molecule has 4 atom stereocenters. The van der Waals surface area contributed by atoms with E-state index in [1.807, 2.05) is 13.8 Å². The monoisotopic (exact) mass is 450 g/mol. The van der Waals surface area contributed by atoms with Crippen molar-refractivity contribution in [2.75, 3.05) is 12.4 Å². The van der Waals surface area contributed by atoms with Gasteiger partial charge >= 0.3 is 11.9 Å². The van der Waals surface area contributed by atoms with Crippen LogP contribution in [0.4, 0.5) is 0 Å².